The minimum atomic E-state index is -0.751. The summed E-state index contributed by atoms with van der Waals surface area (Å²) >= 11 is 0. The van der Waals surface area contributed by atoms with E-state index in [2.05, 4.69) is 0 Å². The molecule has 6 nitrogen and oxygen atoms in total. The van der Waals surface area contributed by atoms with Crippen LogP contribution in [0.3, 0.4) is 0 Å². The Morgan fingerprint density at radius 3 is 2.47 bits per heavy atom. The molecule has 0 radical (unpaired) electrons. The smallest absolute Gasteiger partial charge is 0.295 e. The number of phenolic OH excluding ortho intramolecular Hbond substituents is 1. The third kappa shape index (κ3) is 2.95. The molecule has 0 spiro atoms. The van der Waals surface area contributed by atoms with Gasteiger partial charge in [-0.1, -0.05) is 18.2 Å². The van der Waals surface area contributed by atoms with Crippen LogP contribution < -0.4 is 15.1 Å². The number of hydrogen-bond acceptors (Lipinski definition) is 5. The van der Waals surface area contributed by atoms with Crippen molar-refractivity contribution in [1.29, 1.82) is 0 Å². The van der Waals surface area contributed by atoms with E-state index in [9.17, 15) is 14.7 Å². The van der Waals surface area contributed by atoms with E-state index in [4.69, 9.17) is 9.15 Å². The van der Waals surface area contributed by atoms with Gasteiger partial charge in [-0.25, -0.2) is 0 Å². The summed E-state index contributed by atoms with van der Waals surface area (Å²) in [5.41, 5.74) is 3.50. The monoisotopic (exact) mass is 427 g/mol. The van der Waals surface area contributed by atoms with Crippen LogP contribution in [0, 0.1) is 13.8 Å². The van der Waals surface area contributed by atoms with Crippen molar-refractivity contribution in [3.8, 4) is 11.5 Å². The number of ether oxygens (including phenoxy) is 1. The van der Waals surface area contributed by atoms with Crippen molar-refractivity contribution in [3.05, 3.63) is 98.9 Å². The number of carbonyl (C=O) groups excluding carboxylic acids is 1. The fourth-order valence-corrected chi connectivity index (χ4v) is 4.26. The Morgan fingerprint density at radius 2 is 1.72 bits per heavy atom. The van der Waals surface area contributed by atoms with Crippen LogP contribution in [0.15, 0.2) is 69.9 Å². The molecule has 0 saturated heterocycles. The second-order valence-electron chi connectivity index (χ2n) is 7.98. The van der Waals surface area contributed by atoms with Crippen molar-refractivity contribution in [1.82, 2.24) is 0 Å². The summed E-state index contributed by atoms with van der Waals surface area (Å²) in [4.78, 5) is 28.8. The van der Waals surface area contributed by atoms with Crippen LogP contribution in [0.4, 0.5) is 5.69 Å². The Bertz CT molecular complexity index is 1450. The highest BCUT2D eigenvalue weighted by atomic mass is 16.5. The molecule has 1 N–H and O–H groups in total. The Hall–Kier alpha value is -4.06. The summed E-state index contributed by atoms with van der Waals surface area (Å²) < 4.78 is 11.4. The Labute approximate surface area is 184 Å². The van der Waals surface area contributed by atoms with Gasteiger partial charge in [0.25, 0.3) is 5.91 Å². The highest BCUT2D eigenvalue weighted by molar-refractivity contribution is 6.10. The number of phenols is 1. The lowest BCUT2D eigenvalue weighted by Crippen LogP contribution is -2.29. The molecule has 2 heterocycles. The molecule has 6 heteroatoms. The first-order valence-electron chi connectivity index (χ1n) is 10.2. The number of nitrogens with zero attached hydrogens (tertiary/aromatic N) is 1. The molecule has 1 aromatic heterocycles. The number of aromatic hydroxyl groups is 1. The van der Waals surface area contributed by atoms with Crippen molar-refractivity contribution in [2.75, 3.05) is 12.0 Å². The molecule has 0 aliphatic carbocycles. The zero-order valence-electron chi connectivity index (χ0n) is 17.9. The van der Waals surface area contributed by atoms with Crippen LogP contribution in [-0.2, 0) is 0 Å². The fraction of sp³-hybridized carbons (Fsp3) is 0.154. The highest BCUT2D eigenvalue weighted by Crippen LogP contribution is 2.42. The van der Waals surface area contributed by atoms with E-state index in [1.54, 1.807) is 67.8 Å². The van der Waals surface area contributed by atoms with Gasteiger partial charge in [0.15, 0.2) is 5.43 Å². The number of amides is 1. The maximum Gasteiger partial charge on any atom is 0.295 e. The summed E-state index contributed by atoms with van der Waals surface area (Å²) in [5, 5.41) is 10.5. The molecular formula is C26H21NO5. The predicted molar refractivity (Wildman–Crippen MR) is 122 cm³/mol. The zero-order valence-corrected chi connectivity index (χ0v) is 17.9. The summed E-state index contributed by atoms with van der Waals surface area (Å²) in [6.07, 6.45) is 0. The lowest BCUT2D eigenvalue weighted by molar-refractivity contribution is 0.0971. The first-order valence-corrected chi connectivity index (χ1v) is 10.2. The lowest BCUT2D eigenvalue weighted by atomic mass is 9.97. The van der Waals surface area contributed by atoms with E-state index >= 15 is 0 Å². The molecule has 1 amide bonds. The fourth-order valence-electron chi connectivity index (χ4n) is 4.26. The van der Waals surface area contributed by atoms with Crippen molar-refractivity contribution >= 4 is 22.6 Å². The van der Waals surface area contributed by atoms with Gasteiger partial charge in [-0.3, -0.25) is 14.5 Å². The average Bonchev–Trinajstić information content (AvgIpc) is 3.08. The van der Waals surface area contributed by atoms with Crippen LogP contribution in [0.25, 0.3) is 11.0 Å². The standard InChI is InChI=1S/C26H21NO5/c1-14-10-20-21(11-15(14)2)32-25-22(24(20)29)23(16-6-4-8-18(28)12-16)27(26(25)30)17-7-5-9-19(13-17)31-3/h4-13,23,28H,1-3H3. The van der Waals surface area contributed by atoms with Crippen LogP contribution in [0.1, 0.15) is 38.9 Å². The molecule has 160 valence electrons. The summed E-state index contributed by atoms with van der Waals surface area (Å²) in [5.74, 6) is 0.225. The van der Waals surface area contributed by atoms with Crippen molar-refractivity contribution < 1.29 is 19.1 Å². The third-order valence-electron chi connectivity index (χ3n) is 6.00. The second-order valence-corrected chi connectivity index (χ2v) is 7.98. The van der Waals surface area contributed by atoms with E-state index in [0.29, 0.717) is 28.0 Å². The number of carbonyl (C=O) groups is 1. The molecule has 5 rings (SSSR count). The van der Waals surface area contributed by atoms with Gasteiger partial charge in [0.2, 0.25) is 5.76 Å². The molecule has 1 aliphatic rings. The number of hydrogen-bond donors (Lipinski definition) is 1. The molecule has 0 fully saturated rings. The number of aryl methyl sites for hydroxylation is 2. The number of methoxy groups -OCH3 is 1. The van der Waals surface area contributed by atoms with E-state index in [0.717, 1.165) is 11.1 Å². The first-order chi connectivity index (χ1) is 15.4. The number of rotatable bonds is 3. The maximum absolute atomic E-state index is 13.7. The summed E-state index contributed by atoms with van der Waals surface area (Å²) in [6, 6.07) is 16.5. The van der Waals surface area contributed by atoms with Crippen molar-refractivity contribution in [2.24, 2.45) is 0 Å². The van der Waals surface area contributed by atoms with E-state index < -0.39 is 11.9 Å². The van der Waals surface area contributed by atoms with Gasteiger partial charge in [0.1, 0.15) is 17.1 Å². The van der Waals surface area contributed by atoms with Gasteiger partial charge < -0.3 is 14.3 Å². The molecule has 1 atom stereocenters. The molecule has 4 aromatic rings. The Morgan fingerprint density at radius 1 is 0.969 bits per heavy atom. The third-order valence-corrected chi connectivity index (χ3v) is 6.00. The molecular weight excluding hydrogens is 406 g/mol. The van der Waals surface area contributed by atoms with Crippen LogP contribution in [-0.4, -0.2) is 18.1 Å². The van der Waals surface area contributed by atoms with Crippen LogP contribution in [0.5, 0.6) is 11.5 Å². The predicted octanol–water partition coefficient (Wildman–Crippen LogP) is 4.87. The van der Waals surface area contributed by atoms with Gasteiger partial charge in [-0.15, -0.1) is 0 Å². The van der Waals surface area contributed by atoms with Crippen LogP contribution >= 0.6 is 0 Å². The molecule has 1 unspecified atom stereocenters. The van der Waals surface area contributed by atoms with Gasteiger partial charge in [0, 0.05) is 11.8 Å². The van der Waals surface area contributed by atoms with Gasteiger partial charge in [-0.05, 0) is 66.9 Å². The average molecular weight is 427 g/mol. The van der Waals surface area contributed by atoms with Gasteiger partial charge in [-0.2, -0.15) is 0 Å². The van der Waals surface area contributed by atoms with Crippen molar-refractivity contribution in [3.63, 3.8) is 0 Å². The zero-order chi connectivity index (χ0) is 22.6. The van der Waals surface area contributed by atoms with Crippen molar-refractivity contribution in [2.45, 2.75) is 19.9 Å². The van der Waals surface area contributed by atoms with E-state index in [1.165, 1.54) is 4.90 Å². The van der Waals surface area contributed by atoms with E-state index in [1.807, 2.05) is 13.8 Å². The number of anilines is 1. The number of benzene rings is 3. The first kappa shape index (κ1) is 19.9. The molecule has 32 heavy (non-hydrogen) atoms. The van der Waals surface area contributed by atoms with Gasteiger partial charge >= 0.3 is 0 Å². The SMILES string of the molecule is COc1cccc(N2C(=O)c3oc4cc(C)c(C)cc4c(=O)c3C2c2cccc(O)c2)c1. The number of fused-ring (bicyclic) bond motifs is 2. The van der Waals surface area contributed by atoms with E-state index in [-0.39, 0.29) is 22.5 Å². The minimum Gasteiger partial charge on any atom is -0.508 e. The molecule has 3 aromatic carbocycles. The Kier molecular flexibility index (Phi) is 4.51. The summed E-state index contributed by atoms with van der Waals surface area (Å²) in [6.45, 7) is 3.86. The van der Waals surface area contributed by atoms with Crippen LogP contribution in [0.2, 0.25) is 0 Å². The lowest BCUT2D eigenvalue weighted by Gasteiger charge is -2.25. The highest BCUT2D eigenvalue weighted by Gasteiger charge is 2.43. The molecule has 0 saturated carbocycles. The quantitative estimate of drug-likeness (QED) is 0.504. The molecule has 1 aliphatic heterocycles. The maximum atomic E-state index is 13.7. The normalized spacial score (nSPS) is 15.3. The largest absolute Gasteiger partial charge is 0.508 e. The Balaban J connectivity index is 1.83. The molecule has 0 bridgehead atoms. The topological polar surface area (TPSA) is 80.0 Å². The summed E-state index contributed by atoms with van der Waals surface area (Å²) in [7, 11) is 1.55. The minimum absolute atomic E-state index is 0.0157. The van der Waals surface area contributed by atoms with Gasteiger partial charge in [0.05, 0.1) is 24.1 Å². The second kappa shape index (κ2) is 7.27.